The zero-order valence-corrected chi connectivity index (χ0v) is 14.2. The number of carbonyl (C=O) groups excluding carboxylic acids is 2. The van der Waals surface area contributed by atoms with E-state index in [1.54, 1.807) is 0 Å². The Labute approximate surface area is 142 Å². The number of fused-ring (bicyclic) bond motifs is 2. The van der Waals surface area contributed by atoms with Crippen LogP contribution in [0.25, 0.3) is 0 Å². The second-order valence-corrected chi connectivity index (χ2v) is 9.05. The number of carbonyl (C=O) groups is 2. The van der Waals surface area contributed by atoms with Crippen LogP contribution in [-0.2, 0) is 25.1 Å². The van der Waals surface area contributed by atoms with Gasteiger partial charge < -0.3 is 10.1 Å². The van der Waals surface area contributed by atoms with E-state index in [2.05, 4.69) is 5.32 Å². The molecule has 1 aromatic carbocycles. The first-order chi connectivity index (χ1) is 11.5. The Morgan fingerprint density at radius 3 is 2.67 bits per heavy atom. The van der Waals surface area contributed by atoms with Crippen molar-refractivity contribution in [3.05, 3.63) is 29.8 Å². The van der Waals surface area contributed by atoms with Crippen LogP contribution < -0.4 is 5.32 Å². The molecular weight excluding hydrogens is 326 g/mol. The van der Waals surface area contributed by atoms with Crippen LogP contribution in [0.4, 0.5) is 0 Å². The minimum Gasteiger partial charge on any atom is -0.460 e. The molecule has 4 aliphatic rings. The van der Waals surface area contributed by atoms with Gasteiger partial charge in [0.1, 0.15) is 11.9 Å². The van der Waals surface area contributed by atoms with Crippen LogP contribution in [-0.4, -0.2) is 39.4 Å². The van der Waals surface area contributed by atoms with Crippen molar-refractivity contribution in [2.75, 3.05) is 5.75 Å². The quantitative estimate of drug-likeness (QED) is 0.827. The highest BCUT2D eigenvalue weighted by Crippen LogP contribution is 2.60. The Morgan fingerprint density at radius 1 is 1.21 bits per heavy atom. The molecule has 1 aromatic rings. The van der Waals surface area contributed by atoms with Crippen LogP contribution in [0.1, 0.15) is 18.4 Å². The van der Waals surface area contributed by atoms with E-state index in [-0.39, 0.29) is 41.7 Å². The van der Waals surface area contributed by atoms with E-state index in [0.29, 0.717) is 18.6 Å². The van der Waals surface area contributed by atoms with Gasteiger partial charge in [0.25, 0.3) is 0 Å². The molecule has 0 radical (unpaired) electrons. The number of hydrogen-bond donors (Lipinski definition) is 1. The monoisotopic (exact) mass is 345 g/mol. The fraction of sp³-hybridized carbons (Fsp3) is 0.556. The van der Waals surface area contributed by atoms with E-state index in [1.165, 1.54) is 0 Å². The van der Waals surface area contributed by atoms with Crippen molar-refractivity contribution >= 4 is 22.6 Å². The van der Waals surface area contributed by atoms with Crippen molar-refractivity contribution in [2.45, 2.75) is 42.3 Å². The number of rotatable bonds is 3. The molecule has 1 saturated carbocycles. The van der Waals surface area contributed by atoms with Gasteiger partial charge in [0, 0.05) is 40.9 Å². The highest BCUT2D eigenvalue weighted by molar-refractivity contribution is 7.85. The summed E-state index contributed by atoms with van der Waals surface area (Å²) in [4.78, 5) is 25.2. The summed E-state index contributed by atoms with van der Waals surface area (Å²) < 4.78 is 18.6. The molecule has 3 saturated heterocycles. The third-order valence-corrected chi connectivity index (χ3v) is 7.94. The molecule has 5 rings (SSSR count). The summed E-state index contributed by atoms with van der Waals surface area (Å²) in [5, 5.41) is 3.58. The highest BCUT2D eigenvalue weighted by Gasteiger charge is 2.75. The Balaban J connectivity index is 1.51. The van der Waals surface area contributed by atoms with Crippen LogP contribution in [0.15, 0.2) is 29.2 Å². The highest BCUT2D eigenvalue weighted by atomic mass is 32.2. The molecule has 5 nitrogen and oxygen atoms in total. The third kappa shape index (κ3) is 1.76. The van der Waals surface area contributed by atoms with Gasteiger partial charge in [0.2, 0.25) is 0 Å². The van der Waals surface area contributed by atoms with E-state index in [0.717, 1.165) is 10.5 Å². The first-order valence-corrected chi connectivity index (χ1v) is 9.76. The van der Waals surface area contributed by atoms with Gasteiger partial charge in [0.15, 0.2) is 0 Å². The van der Waals surface area contributed by atoms with Gasteiger partial charge in [-0.15, -0.1) is 0 Å². The van der Waals surface area contributed by atoms with Crippen LogP contribution in [0.2, 0.25) is 0 Å². The summed E-state index contributed by atoms with van der Waals surface area (Å²) in [6, 6.07) is 7.73. The lowest BCUT2D eigenvalue weighted by atomic mass is 9.60. The molecule has 1 aliphatic carbocycles. The Hall–Kier alpha value is -1.53. The molecule has 2 bridgehead atoms. The normalized spacial score (nSPS) is 43.1. The number of benzene rings is 1. The second kappa shape index (κ2) is 4.76. The summed E-state index contributed by atoms with van der Waals surface area (Å²) in [5.41, 5.74) is 0.726. The van der Waals surface area contributed by atoms with Gasteiger partial charge in [-0.3, -0.25) is 13.8 Å². The van der Waals surface area contributed by atoms with E-state index in [1.807, 2.05) is 31.2 Å². The van der Waals surface area contributed by atoms with E-state index >= 15 is 0 Å². The van der Waals surface area contributed by atoms with Crippen molar-refractivity contribution in [1.82, 2.24) is 5.32 Å². The van der Waals surface area contributed by atoms with E-state index in [9.17, 15) is 13.8 Å². The zero-order valence-electron chi connectivity index (χ0n) is 13.4. The molecule has 1 unspecified atom stereocenters. The standard InChI is InChI=1S/C18H19NO4S/c1-9-2-4-11(5-3-9)24(22)8-18-12-6-10(20)7-13(18)16-15(19-18)14(12)17(21)23-16/h2-5,12-16,19H,6-8H2,1H3/t12-,13+,14+,15-,16-,18+,24?/m1/s1. The number of Topliss-reactive ketones (excluding diaryl/α,β-unsaturated/α-hetero) is 1. The average molecular weight is 345 g/mol. The van der Waals surface area contributed by atoms with Gasteiger partial charge in [0.05, 0.1) is 22.8 Å². The lowest BCUT2D eigenvalue weighted by molar-refractivity contribution is -0.144. The fourth-order valence-corrected chi connectivity index (χ4v) is 6.95. The van der Waals surface area contributed by atoms with Gasteiger partial charge in [-0.1, -0.05) is 17.7 Å². The number of ketones is 1. The predicted molar refractivity (Wildman–Crippen MR) is 86.7 cm³/mol. The molecule has 6 heteroatoms. The molecular formula is C18H19NO4S. The summed E-state index contributed by atoms with van der Waals surface area (Å²) in [6.45, 7) is 2.00. The number of ether oxygens (including phenoxy) is 1. The maximum atomic E-state index is 13.0. The number of hydrogen-bond acceptors (Lipinski definition) is 5. The molecule has 7 atom stereocenters. The molecule has 0 amide bonds. The van der Waals surface area contributed by atoms with Gasteiger partial charge in [-0.2, -0.15) is 0 Å². The topological polar surface area (TPSA) is 72.5 Å². The van der Waals surface area contributed by atoms with Crippen molar-refractivity contribution in [3.8, 4) is 0 Å². The minimum atomic E-state index is -1.17. The Morgan fingerprint density at radius 2 is 1.92 bits per heavy atom. The third-order valence-electron chi connectivity index (χ3n) is 6.40. The van der Waals surface area contributed by atoms with Crippen LogP contribution in [0.3, 0.4) is 0 Å². The first-order valence-electron chi connectivity index (χ1n) is 8.44. The van der Waals surface area contributed by atoms with Crippen molar-refractivity contribution < 1.29 is 18.5 Å². The largest absolute Gasteiger partial charge is 0.460 e. The molecule has 4 fully saturated rings. The summed E-state index contributed by atoms with van der Waals surface area (Å²) in [5.74, 6) is 0.115. The summed E-state index contributed by atoms with van der Waals surface area (Å²) in [6.07, 6.45) is 0.603. The Kier molecular flexibility index (Phi) is 2.93. The number of esters is 1. The van der Waals surface area contributed by atoms with Crippen LogP contribution in [0.5, 0.6) is 0 Å². The second-order valence-electron chi connectivity index (χ2n) is 7.60. The molecule has 1 N–H and O–H groups in total. The predicted octanol–water partition coefficient (Wildman–Crippen LogP) is 0.964. The molecule has 126 valence electrons. The van der Waals surface area contributed by atoms with Crippen molar-refractivity contribution in [3.63, 3.8) is 0 Å². The van der Waals surface area contributed by atoms with E-state index < -0.39 is 16.3 Å². The van der Waals surface area contributed by atoms with Crippen molar-refractivity contribution in [2.24, 2.45) is 17.8 Å². The number of aryl methyl sites for hydroxylation is 1. The van der Waals surface area contributed by atoms with Crippen molar-refractivity contribution in [1.29, 1.82) is 0 Å². The maximum Gasteiger partial charge on any atom is 0.311 e. The maximum absolute atomic E-state index is 13.0. The Bertz CT molecular complexity index is 776. The summed E-state index contributed by atoms with van der Waals surface area (Å²) in [7, 11) is -1.17. The van der Waals surface area contributed by atoms with Gasteiger partial charge >= 0.3 is 5.97 Å². The molecule has 3 heterocycles. The SMILES string of the molecule is Cc1ccc(S(=O)C[C@]23N[C@H]4[C@@H]5OC(=O)[C@H]4[C@H]2CC(=O)C[C@@H]53)cc1. The van der Waals surface area contributed by atoms with E-state index in [4.69, 9.17) is 4.74 Å². The molecule has 24 heavy (non-hydrogen) atoms. The van der Waals surface area contributed by atoms with Crippen LogP contribution in [0, 0.1) is 24.7 Å². The van der Waals surface area contributed by atoms with Gasteiger partial charge in [-0.05, 0) is 19.1 Å². The zero-order chi connectivity index (χ0) is 16.6. The lowest BCUT2D eigenvalue weighted by Crippen LogP contribution is -2.58. The lowest BCUT2D eigenvalue weighted by Gasteiger charge is -2.44. The number of nitrogens with one attached hydrogen (secondary N) is 1. The first kappa shape index (κ1) is 14.8. The smallest absolute Gasteiger partial charge is 0.311 e. The average Bonchev–Trinajstić information content (AvgIpc) is 3.11. The molecule has 3 aliphatic heterocycles. The fourth-order valence-electron chi connectivity index (χ4n) is 5.40. The van der Waals surface area contributed by atoms with Gasteiger partial charge in [-0.25, -0.2) is 0 Å². The molecule has 0 aromatic heterocycles. The van der Waals surface area contributed by atoms with Crippen LogP contribution >= 0.6 is 0 Å². The molecule has 0 spiro atoms. The summed E-state index contributed by atoms with van der Waals surface area (Å²) >= 11 is 0. The minimum absolute atomic E-state index is 0.00406.